The number of benzene rings is 1. The fourth-order valence-corrected chi connectivity index (χ4v) is 2.40. The first-order chi connectivity index (χ1) is 9.44. The fourth-order valence-electron chi connectivity index (χ4n) is 1.73. The minimum absolute atomic E-state index is 0.0554. The Bertz CT molecular complexity index is 482. The average Bonchev–Trinajstić information content (AvgIpc) is 2.42. The van der Waals surface area contributed by atoms with Crippen molar-refractivity contribution in [2.45, 2.75) is 32.1 Å². The van der Waals surface area contributed by atoms with Gasteiger partial charge in [-0.3, -0.25) is 4.79 Å². The van der Waals surface area contributed by atoms with Crippen molar-refractivity contribution in [2.24, 2.45) is 0 Å². The number of fused-ring (bicyclic) bond motifs is 1. The largest absolute Gasteiger partial charge is 0.486 e. The maximum Gasteiger partial charge on any atom is 0.230 e. The molecule has 5 heteroatoms. The highest BCUT2D eigenvalue weighted by molar-refractivity contribution is 8.01. The van der Waals surface area contributed by atoms with Gasteiger partial charge in [-0.25, -0.2) is 0 Å². The van der Waals surface area contributed by atoms with Crippen LogP contribution in [0.1, 0.15) is 26.3 Å². The van der Waals surface area contributed by atoms with Gasteiger partial charge in [0.1, 0.15) is 13.2 Å². The highest BCUT2D eigenvalue weighted by Gasteiger charge is 2.14. The third-order valence-corrected chi connectivity index (χ3v) is 4.01. The number of thioether (sulfide) groups is 1. The summed E-state index contributed by atoms with van der Waals surface area (Å²) in [7, 11) is 0. The Hall–Kier alpha value is -1.36. The van der Waals surface area contributed by atoms with Crippen molar-refractivity contribution < 1.29 is 14.3 Å². The number of nitrogens with one attached hydrogen (secondary N) is 1. The van der Waals surface area contributed by atoms with Crippen LogP contribution in [0.3, 0.4) is 0 Å². The number of hydrogen-bond donors (Lipinski definition) is 1. The fraction of sp³-hybridized carbons (Fsp3) is 0.533. The summed E-state index contributed by atoms with van der Waals surface area (Å²) in [5.41, 5.74) is 1.02. The van der Waals surface area contributed by atoms with E-state index in [4.69, 9.17) is 9.47 Å². The van der Waals surface area contributed by atoms with E-state index in [9.17, 15) is 4.79 Å². The number of carbonyl (C=O) groups is 1. The van der Waals surface area contributed by atoms with Crippen molar-refractivity contribution in [3.05, 3.63) is 23.8 Å². The van der Waals surface area contributed by atoms with E-state index in [0.717, 1.165) is 17.1 Å². The number of carbonyl (C=O) groups excluding carboxylic acids is 1. The molecule has 1 aromatic carbocycles. The zero-order valence-corrected chi connectivity index (χ0v) is 13.0. The summed E-state index contributed by atoms with van der Waals surface area (Å²) in [5.74, 6) is 2.06. The van der Waals surface area contributed by atoms with Crippen LogP contribution >= 0.6 is 11.8 Å². The minimum Gasteiger partial charge on any atom is -0.486 e. The molecule has 20 heavy (non-hydrogen) atoms. The Morgan fingerprint density at radius 1 is 1.25 bits per heavy atom. The lowest BCUT2D eigenvalue weighted by Crippen LogP contribution is -2.26. The molecule has 0 aliphatic carbocycles. The Morgan fingerprint density at radius 2 is 1.95 bits per heavy atom. The molecule has 0 aromatic heterocycles. The van der Waals surface area contributed by atoms with Gasteiger partial charge in [0, 0.05) is 11.3 Å². The molecule has 4 nitrogen and oxygen atoms in total. The summed E-state index contributed by atoms with van der Waals surface area (Å²) in [5, 5.41) is 2.92. The summed E-state index contributed by atoms with van der Waals surface area (Å²) in [6, 6.07) is 5.76. The quantitative estimate of drug-likeness (QED) is 0.927. The molecule has 0 radical (unpaired) electrons. The molecule has 1 amide bonds. The van der Waals surface area contributed by atoms with E-state index in [2.05, 4.69) is 26.1 Å². The van der Waals surface area contributed by atoms with Gasteiger partial charge in [0.25, 0.3) is 0 Å². The Morgan fingerprint density at radius 3 is 2.65 bits per heavy atom. The second-order valence-electron chi connectivity index (χ2n) is 5.66. The van der Waals surface area contributed by atoms with Gasteiger partial charge in [-0.05, 0) is 17.7 Å². The topological polar surface area (TPSA) is 47.6 Å². The summed E-state index contributed by atoms with van der Waals surface area (Å²) in [6.45, 7) is 7.99. The van der Waals surface area contributed by atoms with Crippen molar-refractivity contribution in [1.29, 1.82) is 0 Å². The Balaban J connectivity index is 1.83. The van der Waals surface area contributed by atoms with E-state index in [1.165, 1.54) is 0 Å². The van der Waals surface area contributed by atoms with Crippen LogP contribution < -0.4 is 14.8 Å². The van der Waals surface area contributed by atoms with Crippen molar-refractivity contribution >= 4 is 17.7 Å². The molecule has 0 unspecified atom stereocenters. The highest BCUT2D eigenvalue weighted by atomic mass is 32.2. The first-order valence-electron chi connectivity index (χ1n) is 6.73. The summed E-state index contributed by atoms with van der Waals surface area (Å²) in [6.07, 6.45) is 0. The molecular weight excluding hydrogens is 274 g/mol. The van der Waals surface area contributed by atoms with E-state index in [-0.39, 0.29) is 10.7 Å². The summed E-state index contributed by atoms with van der Waals surface area (Å²) in [4.78, 5) is 11.8. The first kappa shape index (κ1) is 15.0. The van der Waals surface area contributed by atoms with Gasteiger partial charge in [-0.2, -0.15) is 0 Å². The molecule has 0 bridgehead atoms. The second kappa shape index (κ2) is 6.39. The van der Waals surface area contributed by atoms with Crippen molar-refractivity contribution in [1.82, 2.24) is 5.32 Å². The monoisotopic (exact) mass is 295 g/mol. The second-order valence-corrected chi connectivity index (χ2v) is 7.46. The smallest absolute Gasteiger partial charge is 0.230 e. The van der Waals surface area contributed by atoms with E-state index in [1.54, 1.807) is 11.8 Å². The third-order valence-electron chi connectivity index (χ3n) is 2.73. The zero-order chi connectivity index (χ0) is 14.6. The van der Waals surface area contributed by atoms with Crippen LogP contribution in [0.25, 0.3) is 0 Å². The van der Waals surface area contributed by atoms with Crippen LogP contribution in [-0.4, -0.2) is 29.6 Å². The van der Waals surface area contributed by atoms with Gasteiger partial charge in [0.05, 0.1) is 5.75 Å². The lowest BCUT2D eigenvalue weighted by molar-refractivity contribution is -0.118. The minimum atomic E-state index is 0.0554. The lowest BCUT2D eigenvalue weighted by Gasteiger charge is -2.19. The third kappa shape index (κ3) is 4.63. The van der Waals surface area contributed by atoms with E-state index >= 15 is 0 Å². The van der Waals surface area contributed by atoms with Crippen LogP contribution in [0.5, 0.6) is 11.5 Å². The van der Waals surface area contributed by atoms with E-state index < -0.39 is 0 Å². The molecule has 1 aromatic rings. The van der Waals surface area contributed by atoms with Crippen LogP contribution in [0.15, 0.2) is 18.2 Å². The number of hydrogen-bond acceptors (Lipinski definition) is 4. The summed E-state index contributed by atoms with van der Waals surface area (Å²) < 4.78 is 11.1. The van der Waals surface area contributed by atoms with Crippen LogP contribution in [0.4, 0.5) is 0 Å². The van der Waals surface area contributed by atoms with Gasteiger partial charge >= 0.3 is 0 Å². The molecule has 0 saturated heterocycles. The standard InChI is InChI=1S/C15H21NO3S/c1-15(2,3)20-10-14(17)16-9-11-4-5-12-13(8-11)19-7-6-18-12/h4-5,8H,6-7,9-10H2,1-3H3,(H,16,17). The Labute approximate surface area is 124 Å². The maximum absolute atomic E-state index is 11.8. The highest BCUT2D eigenvalue weighted by Crippen LogP contribution is 2.30. The Kier molecular flexibility index (Phi) is 4.81. The van der Waals surface area contributed by atoms with Gasteiger partial charge in [-0.15, -0.1) is 11.8 Å². The molecule has 0 spiro atoms. The molecule has 0 atom stereocenters. The number of ether oxygens (including phenoxy) is 2. The van der Waals surface area contributed by atoms with Crippen LogP contribution in [0.2, 0.25) is 0 Å². The van der Waals surface area contributed by atoms with Crippen LogP contribution in [-0.2, 0) is 11.3 Å². The number of rotatable bonds is 4. The predicted octanol–water partition coefficient (Wildman–Crippen LogP) is 2.61. The van der Waals surface area contributed by atoms with E-state index in [1.807, 2.05) is 18.2 Å². The molecular formula is C15H21NO3S. The summed E-state index contributed by atoms with van der Waals surface area (Å²) >= 11 is 1.64. The molecule has 110 valence electrons. The maximum atomic E-state index is 11.8. The molecule has 1 N–H and O–H groups in total. The molecule has 0 fully saturated rings. The number of amides is 1. The average molecular weight is 295 g/mol. The van der Waals surface area contributed by atoms with Crippen molar-refractivity contribution in [3.63, 3.8) is 0 Å². The lowest BCUT2D eigenvalue weighted by atomic mass is 10.2. The van der Waals surface area contributed by atoms with Gasteiger partial charge in [-0.1, -0.05) is 26.8 Å². The molecule has 0 saturated carbocycles. The predicted molar refractivity (Wildman–Crippen MR) is 81.5 cm³/mol. The SMILES string of the molecule is CC(C)(C)SCC(=O)NCc1ccc2c(c1)OCCO2. The van der Waals surface area contributed by atoms with Crippen molar-refractivity contribution in [2.75, 3.05) is 19.0 Å². The van der Waals surface area contributed by atoms with Gasteiger partial charge < -0.3 is 14.8 Å². The van der Waals surface area contributed by atoms with E-state index in [0.29, 0.717) is 25.5 Å². The van der Waals surface area contributed by atoms with Gasteiger partial charge in [0.2, 0.25) is 5.91 Å². The first-order valence-corrected chi connectivity index (χ1v) is 7.72. The molecule has 1 aliphatic rings. The zero-order valence-electron chi connectivity index (χ0n) is 12.2. The van der Waals surface area contributed by atoms with Crippen molar-refractivity contribution in [3.8, 4) is 11.5 Å². The van der Waals surface area contributed by atoms with Gasteiger partial charge in [0.15, 0.2) is 11.5 Å². The molecule has 1 heterocycles. The van der Waals surface area contributed by atoms with Crippen LogP contribution in [0, 0.1) is 0 Å². The normalized spacial score (nSPS) is 13.9. The molecule has 1 aliphatic heterocycles. The molecule has 2 rings (SSSR count).